The number of benzene rings is 2. The van der Waals surface area contributed by atoms with E-state index in [2.05, 4.69) is 154 Å². The SMILES string of the molecule is CC(C)N(C(C)C)P(Oc1cccc(CCO[PH](=O)OCCc2cccc(OP(N(C(C)C)C(C)C)N(C(C)C)C(C)C)c2)c1)N(C(C)C)C(C)C. The molecule has 298 valence electrons. The Hall–Kier alpha value is -1.11. The van der Waals surface area contributed by atoms with Crippen molar-refractivity contribution >= 4 is 25.2 Å². The van der Waals surface area contributed by atoms with E-state index in [0.717, 1.165) is 22.6 Å². The second kappa shape index (κ2) is 23.1. The van der Waals surface area contributed by atoms with Crippen molar-refractivity contribution in [2.24, 2.45) is 0 Å². The van der Waals surface area contributed by atoms with Gasteiger partial charge in [-0.25, -0.2) is 18.7 Å². The first-order valence-electron chi connectivity index (χ1n) is 19.4. The molecule has 0 aliphatic carbocycles. The molecule has 0 bridgehead atoms. The summed E-state index contributed by atoms with van der Waals surface area (Å²) in [4.78, 5) is 0. The fourth-order valence-corrected chi connectivity index (χ4v) is 11.9. The number of rotatable bonds is 24. The average molecular weight is 783 g/mol. The fourth-order valence-electron chi connectivity index (χ4n) is 6.64. The van der Waals surface area contributed by atoms with Gasteiger partial charge in [-0.2, -0.15) is 0 Å². The van der Waals surface area contributed by atoms with Crippen LogP contribution < -0.4 is 9.05 Å². The average Bonchev–Trinajstić information content (AvgIpc) is 3.00. The minimum Gasteiger partial charge on any atom is -0.444 e. The lowest BCUT2D eigenvalue weighted by atomic mass is 10.1. The van der Waals surface area contributed by atoms with Crippen molar-refractivity contribution in [3.8, 4) is 11.5 Å². The summed E-state index contributed by atoms with van der Waals surface area (Å²) in [6.45, 7) is 36.4. The monoisotopic (exact) mass is 782 g/mol. The van der Waals surface area contributed by atoms with E-state index in [1.807, 2.05) is 24.3 Å². The van der Waals surface area contributed by atoms with Crippen molar-refractivity contribution < 1.29 is 22.7 Å². The predicted molar refractivity (Wildman–Crippen MR) is 225 cm³/mol. The van der Waals surface area contributed by atoms with Gasteiger partial charge in [-0.1, -0.05) is 24.3 Å². The Balaban J connectivity index is 2.02. The fraction of sp³-hybridized carbons (Fsp3) is 0.700. The van der Waals surface area contributed by atoms with E-state index in [9.17, 15) is 4.57 Å². The molecule has 0 saturated heterocycles. The summed E-state index contributed by atoms with van der Waals surface area (Å²) in [5, 5.41) is 0. The summed E-state index contributed by atoms with van der Waals surface area (Å²) in [7, 11) is -4.73. The highest BCUT2D eigenvalue weighted by molar-refractivity contribution is 7.48. The number of hydrogen-bond acceptors (Lipinski definition) is 9. The highest BCUT2D eigenvalue weighted by Crippen LogP contribution is 2.52. The van der Waals surface area contributed by atoms with Gasteiger partial charge in [0.05, 0.1) is 13.2 Å². The van der Waals surface area contributed by atoms with E-state index in [0.29, 0.717) is 74.4 Å². The van der Waals surface area contributed by atoms with Gasteiger partial charge in [0.15, 0.2) is 0 Å². The quantitative estimate of drug-likeness (QED) is 0.0968. The van der Waals surface area contributed by atoms with Crippen LogP contribution in [0, 0.1) is 0 Å². The summed E-state index contributed by atoms with van der Waals surface area (Å²) in [6, 6.07) is 19.1. The van der Waals surface area contributed by atoms with E-state index >= 15 is 0 Å². The van der Waals surface area contributed by atoms with E-state index in [4.69, 9.17) is 18.1 Å². The Labute approximate surface area is 321 Å². The van der Waals surface area contributed by atoms with Gasteiger partial charge in [0.1, 0.15) is 11.5 Å². The molecule has 0 aliphatic rings. The van der Waals surface area contributed by atoms with Crippen LogP contribution in [0.1, 0.15) is 122 Å². The summed E-state index contributed by atoms with van der Waals surface area (Å²) < 4.78 is 47.6. The lowest BCUT2D eigenvalue weighted by Crippen LogP contribution is -2.44. The molecule has 0 amide bonds. The largest absolute Gasteiger partial charge is 0.444 e. The second-order valence-corrected chi connectivity index (χ2v) is 20.0. The van der Waals surface area contributed by atoms with Crippen molar-refractivity contribution in [1.82, 2.24) is 18.7 Å². The first kappa shape index (κ1) is 47.0. The van der Waals surface area contributed by atoms with Gasteiger partial charge in [0.2, 0.25) is 16.9 Å². The van der Waals surface area contributed by atoms with Crippen LogP contribution in [0.5, 0.6) is 11.5 Å². The first-order valence-corrected chi connectivity index (χ1v) is 23.0. The Morgan fingerprint density at radius 2 is 0.750 bits per heavy atom. The van der Waals surface area contributed by atoms with Crippen molar-refractivity contribution in [2.45, 2.75) is 172 Å². The van der Waals surface area contributed by atoms with Gasteiger partial charge in [-0.05, 0) is 159 Å². The van der Waals surface area contributed by atoms with Crippen LogP contribution in [0.15, 0.2) is 48.5 Å². The van der Waals surface area contributed by atoms with E-state index in [1.165, 1.54) is 0 Å². The van der Waals surface area contributed by atoms with Gasteiger partial charge in [0, 0.05) is 48.3 Å². The molecule has 2 rings (SSSR count). The Morgan fingerprint density at radius 1 is 0.481 bits per heavy atom. The van der Waals surface area contributed by atoms with Gasteiger partial charge >= 0.3 is 8.25 Å². The highest BCUT2D eigenvalue weighted by Gasteiger charge is 2.37. The smallest absolute Gasteiger partial charge is 0.319 e. The van der Waals surface area contributed by atoms with Gasteiger partial charge in [-0.3, -0.25) is 4.57 Å². The molecule has 0 aromatic heterocycles. The molecule has 52 heavy (non-hydrogen) atoms. The molecule has 9 nitrogen and oxygen atoms in total. The van der Waals surface area contributed by atoms with Crippen LogP contribution in [0.3, 0.4) is 0 Å². The van der Waals surface area contributed by atoms with Crippen LogP contribution in [0.2, 0.25) is 0 Å². The molecule has 12 heteroatoms. The van der Waals surface area contributed by atoms with E-state index in [1.54, 1.807) is 0 Å². The van der Waals surface area contributed by atoms with Crippen molar-refractivity contribution in [2.75, 3.05) is 13.2 Å². The van der Waals surface area contributed by atoms with Gasteiger partial charge < -0.3 is 18.1 Å². The maximum absolute atomic E-state index is 12.7. The molecule has 0 fully saturated rings. The number of nitrogens with zero attached hydrogens (tertiary/aromatic N) is 4. The lowest BCUT2D eigenvalue weighted by molar-refractivity contribution is 0.224. The van der Waals surface area contributed by atoms with E-state index < -0.39 is 25.2 Å². The van der Waals surface area contributed by atoms with E-state index in [-0.39, 0.29) is 0 Å². The molecule has 0 saturated carbocycles. The Bertz CT molecular complexity index is 1160. The predicted octanol–water partition coefficient (Wildman–Crippen LogP) is 11.6. The first-order chi connectivity index (χ1) is 24.3. The second-order valence-electron chi connectivity index (χ2n) is 15.7. The highest BCUT2D eigenvalue weighted by atomic mass is 31.2. The van der Waals surface area contributed by atoms with Crippen LogP contribution in [0.4, 0.5) is 0 Å². The minimum absolute atomic E-state index is 0.307. The van der Waals surface area contributed by atoms with Gasteiger partial charge in [-0.15, -0.1) is 0 Å². The maximum Gasteiger partial charge on any atom is 0.319 e. The molecular weight excluding hydrogens is 709 g/mol. The third kappa shape index (κ3) is 14.9. The zero-order chi connectivity index (χ0) is 39.3. The van der Waals surface area contributed by atoms with Crippen LogP contribution in [-0.2, 0) is 26.5 Å². The molecule has 0 radical (unpaired) electrons. The summed E-state index contributed by atoms with van der Waals surface area (Å²) >= 11 is 0. The molecule has 0 N–H and O–H groups in total. The minimum atomic E-state index is -2.64. The Morgan fingerprint density at radius 3 is 1.00 bits per heavy atom. The van der Waals surface area contributed by atoms with Crippen LogP contribution in [0.25, 0.3) is 0 Å². The number of hydrogen-bond donors (Lipinski definition) is 0. The maximum atomic E-state index is 12.7. The Kier molecular flexibility index (Phi) is 20.9. The third-order valence-electron chi connectivity index (χ3n) is 8.42. The van der Waals surface area contributed by atoms with Crippen LogP contribution >= 0.6 is 25.2 Å². The molecular formula is C40H73N4O5P3. The van der Waals surface area contributed by atoms with Gasteiger partial charge in [0.25, 0.3) is 0 Å². The van der Waals surface area contributed by atoms with Crippen molar-refractivity contribution in [3.05, 3.63) is 59.7 Å². The molecule has 2 aromatic rings. The summed E-state index contributed by atoms with van der Waals surface area (Å²) in [5.74, 6) is 1.68. The van der Waals surface area contributed by atoms with Crippen LogP contribution in [-0.4, -0.2) is 80.2 Å². The summed E-state index contributed by atoms with van der Waals surface area (Å²) in [6.07, 6.45) is 1.22. The standard InChI is InChI=1S/C40H73N4O5P3/c1-29(2)41(30(3)4)50(42(31(5)6)32(7)8)48-39-21-17-19-37(27-39)23-25-46-52(45)47-26-24-38-20-18-22-40(28-38)49-51(43(33(9)10)34(11)12)44(35(13)14)36(15)16/h17-22,27-36,52H,23-26H2,1-16H3. The summed E-state index contributed by atoms with van der Waals surface area (Å²) in [5.41, 5.74) is 2.14. The molecule has 0 aliphatic heterocycles. The molecule has 0 atom stereocenters. The molecule has 2 aromatic carbocycles. The third-order valence-corrected chi connectivity index (χ3v) is 15.3. The van der Waals surface area contributed by atoms with Crippen molar-refractivity contribution in [1.29, 1.82) is 0 Å². The zero-order valence-electron chi connectivity index (χ0n) is 35.3. The topological polar surface area (TPSA) is 67.0 Å². The van der Waals surface area contributed by atoms with Crippen molar-refractivity contribution in [3.63, 3.8) is 0 Å². The molecule has 0 unspecified atom stereocenters. The molecule has 0 spiro atoms. The zero-order valence-corrected chi connectivity index (χ0v) is 38.1. The lowest BCUT2D eigenvalue weighted by Gasteiger charge is -2.45. The normalized spacial score (nSPS) is 13.1. The molecule has 0 heterocycles.